The van der Waals surface area contributed by atoms with Gasteiger partial charge in [-0.15, -0.1) is 0 Å². The standard InChI is InChI=1S/C13H15BN4O/c1-18-14(19)10-7-16-13-9(5-6-15-13)11(10)12(17-18)8-3-2-4-8/h5-8,19H,2-4H2,1H3,(H,15,16). The maximum atomic E-state index is 10.3. The highest BCUT2D eigenvalue weighted by Crippen LogP contribution is 2.33. The van der Waals surface area contributed by atoms with Crippen LogP contribution in [0.1, 0.15) is 24.8 Å². The molecule has 0 amide bonds. The molecule has 4 rings (SSSR count). The number of hydrazone groups is 1. The fourth-order valence-corrected chi connectivity index (χ4v) is 2.95. The summed E-state index contributed by atoms with van der Waals surface area (Å²) in [6, 6.07) is 2.02. The molecule has 96 valence electrons. The molecule has 0 spiro atoms. The van der Waals surface area contributed by atoms with Crippen LogP contribution in [0, 0.1) is 5.92 Å². The van der Waals surface area contributed by atoms with Gasteiger partial charge in [0.1, 0.15) is 5.65 Å². The summed E-state index contributed by atoms with van der Waals surface area (Å²) in [7, 11) is 1.11. The van der Waals surface area contributed by atoms with Gasteiger partial charge in [-0.1, -0.05) is 6.42 Å². The van der Waals surface area contributed by atoms with E-state index in [1.807, 2.05) is 19.3 Å². The molecule has 0 unspecified atom stereocenters. The van der Waals surface area contributed by atoms with Crippen molar-refractivity contribution < 1.29 is 5.02 Å². The van der Waals surface area contributed by atoms with Crippen molar-refractivity contribution >= 4 is 29.3 Å². The molecule has 0 radical (unpaired) electrons. The first-order valence-corrected chi connectivity index (χ1v) is 6.71. The van der Waals surface area contributed by atoms with E-state index >= 15 is 0 Å². The first kappa shape index (κ1) is 11.0. The van der Waals surface area contributed by atoms with Crippen LogP contribution in [0.3, 0.4) is 0 Å². The lowest BCUT2D eigenvalue weighted by Crippen LogP contribution is -2.51. The van der Waals surface area contributed by atoms with Gasteiger partial charge < -0.3 is 14.9 Å². The monoisotopic (exact) mass is 254 g/mol. The molecule has 19 heavy (non-hydrogen) atoms. The van der Waals surface area contributed by atoms with Crippen LogP contribution >= 0.6 is 0 Å². The summed E-state index contributed by atoms with van der Waals surface area (Å²) in [6.45, 7) is 0. The van der Waals surface area contributed by atoms with E-state index in [4.69, 9.17) is 0 Å². The van der Waals surface area contributed by atoms with E-state index in [1.54, 1.807) is 11.1 Å². The number of hydrogen-bond donors (Lipinski definition) is 2. The molecule has 0 atom stereocenters. The van der Waals surface area contributed by atoms with Crippen molar-refractivity contribution in [3.05, 3.63) is 24.0 Å². The van der Waals surface area contributed by atoms with E-state index in [9.17, 15) is 5.02 Å². The van der Waals surface area contributed by atoms with Gasteiger partial charge in [-0.25, -0.2) is 4.98 Å². The first-order chi connectivity index (χ1) is 9.25. The van der Waals surface area contributed by atoms with Gasteiger partial charge >= 0.3 is 7.05 Å². The summed E-state index contributed by atoms with van der Waals surface area (Å²) in [4.78, 5) is 9.14. The maximum absolute atomic E-state index is 10.3. The van der Waals surface area contributed by atoms with Gasteiger partial charge in [-0.3, -0.25) is 0 Å². The van der Waals surface area contributed by atoms with E-state index in [1.165, 1.54) is 19.3 Å². The molecule has 2 aliphatic rings. The lowest BCUT2D eigenvalue weighted by molar-refractivity contribution is 0.394. The lowest BCUT2D eigenvalue weighted by Gasteiger charge is -2.34. The van der Waals surface area contributed by atoms with Crippen molar-refractivity contribution in [3.8, 4) is 0 Å². The van der Waals surface area contributed by atoms with E-state index < -0.39 is 7.05 Å². The number of fused-ring (bicyclic) bond motifs is 3. The molecule has 0 bridgehead atoms. The van der Waals surface area contributed by atoms with Crippen LogP contribution in [0.25, 0.3) is 11.0 Å². The number of nitrogens with zero attached hydrogens (tertiary/aromatic N) is 3. The third kappa shape index (κ3) is 1.46. The summed E-state index contributed by atoms with van der Waals surface area (Å²) < 4.78 is 0. The van der Waals surface area contributed by atoms with Crippen LogP contribution in [0.5, 0.6) is 0 Å². The highest BCUT2D eigenvalue weighted by molar-refractivity contribution is 6.66. The minimum absolute atomic E-state index is 0.522. The Morgan fingerprint density at radius 3 is 3.05 bits per heavy atom. The molecule has 6 heteroatoms. The first-order valence-electron chi connectivity index (χ1n) is 6.71. The average molecular weight is 254 g/mol. The van der Waals surface area contributed by atoms with E-state index in [2.05, 4.69) is 15.1 Å². The zero-order valence-electron chi connectivity index (χ0n) is 10.8. The maximum Gasteiger partial charge on any atom is 0.468 e. The van der Waals surface area contributed by atoms with Crippen molar-refractivity contribution in [3.63, 3.8) is 0 Å². The van der Waals surface area contributed by atoms with Crippen LogP contribution in [0.15, 0.2) is 23.6 Å². The molecule has 1 fully saturated rings. The van der Waals surface area contributed by atoms with Gasteiger partial charge in [0.05, 0.1) is 5.71 Å². The second-order valence-corrected chi connectivity index (χ2v) is 5.39. The summed E-state index contributed by atoms with van der Waals surface area (Å²) in [6.07, 6.45) is 7.31. The van der Waals surface area contributed by atoms with Crippen molar-refractivity contribution in [2.75, 3.05) is 7.05 Å². The van der Waals surface area contributed by atoms with Crippen molar-refractivity contribution in [2.45, 2.75) is 19.3 Å². The SMILES string of the molecule is CN1N=C(C2CCC2)c2c(cnc3[nH]ccc23)B1O. The van der Waals surface area contributed by atoms with Crippen LogP contribution in [-0.2, 0) is 0 Å². The van der Waals surface area contributed by atoms with E-state index in [0.717, 1.165) is 27.8 Å². The van der Waals surface area contributed by atoms with Gasteiger partial charge in [0.25, 0.3) is 0 Å². The fourth-order valence-electron chi connectivity index (χ4n) is 2.95. The number of hydrogen-bond acceptors (Lipinski definition) is 4. The second-order valence-electron chi connectivity index (χ2n) is 5.39. The predicted octanol–water partition coefficient (Wildman–Crippen LogP) is 0.700. The minimum Gasteiger partial charge on any atom is -0.428 e. The third-order valence-corrected chi connectivity index (χ3v) is 4.26. The van der Waals surface area contributed by atoms with Crippen molar-refractivity contribution in [2.24, 2.45) is 11.0 Å². The number of aromatic amines is 1. The van der Waals surface area contributed by atoms with Gasteiger partial charge in [-0.2, -0.15) is 5.10 Å². The second kappa shape index (κ2) is 3.84. The molecular weight excluding hydrogens is 239 g/mol. The topological polar surface area (TPSA) is 64.5 Å². The van der Waals surface area contributed by atoms with Gasteiger partial charge in [0.15, 0.2) is 0 Å². The molecule has 0 aromatic carbocycles. The van der Waals surface area contributed by atoms with E-state index in [0.29, 0.717) is 5.92 Å². The van der Waals surface area contributed by atoms with Gasteiger partial charge in [-0.05, 0) is 18.9 Å². The van der Waals surface area contributed by atoms with Crippen molar-refractivity contribution in [1.29, 1.82) is 0 Å². The normalized spacial score (nSPS) is 19.4. The minimum atomic E-state index is -0.703. The highest BCUT2D eigenvalue weighted by atomic mass is 16.2. The Kier molecular flexibility index (Phi) is 2.23. The van der Waals surface area contributed by atoms with Crippen molar-refractivity contribution in [1.82, 2.24) is 14.9 Å². The van der Waals surface area contributed by atoms with Gasteiger partial charge in [0, 0.05) is 41.8 Å². The van der Waals surface area contributed by atoms with Crippen LogP contribution in [0.4, 0.5) is 0 Å². The lowest BCUT2D eigenvalue weighted by atomic mass is 9.66. The quantitative estimate of drug-likeness (QED) is 0.736. The number of rotatable bonds is 1. The summed E-state index contributed by atoms with van der Waals surface area (Å²) in [5.74, 6) is 0.522. The molecule has 1 aliphatic heterocycles. The Labute approximate surface area is 111 Å². The Hall–Kier alpha value is -1.82. The Bertz CT molecular complexity index is 676. The Morgan fingerprint density at radius 2 is 2.32 bits per heavy atom. The number of H-pyrrole nitrogens is 1. The Balaban J connectivity index is 1.99. The van der Waals surface area contributed by atoms with Crippen LogP contribution < -0.4 is 5.46 Å². The molecule has 2 aromatic rings. The summed E-state index contributed by atoms with van der Waals surface area (Å²) in [5, 5.41) is 16.0. The molecule has 2 aromatic heterocycles. The molecular formula is C13H15BN4O. The number of pyridine rings is 1. The highest BCUT2D eigenvalue weighted by Gasteiger charge is 2.36. The van der Waals surface area contributed by atoms with Gasteiger partial charge in [0.2, 0.25) is 0 Å². The number of nitrogens with one attached hydrogen (secondary N) is 1. The predicted molar refractivity (Wildman–Crippen MR) is 75.3 cm³/mol. The smallest absolute Gasteiger partial charge is 0.428 e. The van der Waals surface area contributed by atoms with E-state index in [-0.39, 0.29) is 0 Å². The number of aromatic nitrogens is 2. The Morgan fingerprint density at radius 1 is 1.47 bits per heavy atom. The molecule has 1 saturated carbocycles. The molecule has 5 nitrogen and oxygen atoms in total. The largest absolute Gasteiger partial charge is 0.468 e. The molecule has 2 N–H and O–H groups in total. The van der Waals surface area contributed by atoms with Crippen LogP contribution in [-0.4, -0.2) is 39.7 Å². The molecule has 1 aliphatic carbocycles. The van der Waals surface area contributed by atoms with Crippen LogP contribution in [0.2, 0.25) is 0 Å². The fraction of sp³-hybridized carbons (Fsp3) is 0.385. The summed E-state index contributed by atoms with van der Waals surface area (Å²) >= 11 is 0. The zero-order valence-corrected chi connectivity index (χ0v) is 10.8. The third-order valence-electron chi connectivity index (χ3n) is 4.26. The molecule has 3 heterocycles. The summed E-state index contributed by atoms with van der Waals surface area (Å²) in [5.41, 5.74) is 3.93. The molecule has 0 saturated heterocycles. The average Bonchev–Trinajstić information content (AvgIpc) is 2.80. The zero-order chi connectivity index (χ0) is 13.0.